The van der Waals surface area contributed by atoms with Crippen molar-refractivity contribution >= 4 is 0 Å². The van der Waals surface area contributed by atoms with Crippen molar-refractivity contribution in [3.05, 3.63) is 142 Å². The summed E-state index contributed by atoms with van der Waals surface area (Å²) in [4.78, 5) is 0. The van der Waals surface area contributed by atoms with Crippen molar-refractivity contribution in [2.75, 3.05) is 14.2 Å². The molecule has 0 saturated heterocycles. The largest absolute Gasteiger partial charge is 0.497 e. The molecule has 284 valence electrons. The van der Waals surface area contributed by atoms with E-state index in [4.69, 9.17) is 9.47 Å². The van der Waals surface area contributed by atoms with Crippen LogP contribution in [0.25, 0.3) is 22.3 Å². The zero-order valence-corrected chi connectivity index (χ0v) is 34.1. The molecule has 1 unspecified atom stereocenters. The van der Waals surface area contributed by atoms with Crippen molar-refractivity contribution in [1.29, 1.82) is 0 Å². The molecule has 6 rings (SSSR count). The fraction of sp³-hybridized carbons (Fsp3) is 0.423. The molecule has 0 spiro atoms. The minimum absolute atomic E-state index is 0.0283. The molecule has 1 aliphatic carbocycles. The van der Waals surface area contributed by atoms with Crippen molar-refractivity contribution in [2.24, 2.45) is 0 Å². The molecule has 0 aliphatic heterocycles. The maximum Gasteiger partial charge on any atom is 0.126 e. The predicted octanol–water partition coefficient (Wildman–Crippen LogP) is 14.9. The highest BCUT2D eigenvalue weighted by molar-refractivity contribution is 5.84. The number of hydrogen-bond donors (Lipinski definition) is 0. The van der Waals surface area contributed by atoms with Crippen LogP contribution in [-0.2, 0) is 5.41 Å². The first-order chi connectivity index (χ1) is 26.4. The molecule has 0 fully saturated rings. The van der Waals surface area contributed by atoms with E-state index >= 15 is 0 Å². The Morgan fingerprint density at radius 1 is 0.481 bits per heavy atom. The number of benzene rings is 5. The van der Waals surface area contributed by atoms with E-state index in [0.29, 0.717) is 0 Å². The van der Waals surface area contributed by atoms with Gasteiger partial charge >= 0.3 is 0 Å². The molecule has 0 bridgehead atoms. The molecule has 0 aromatic heterocycles. The van der Waals surface area contributed by atoms with Crippen LogP contribution < -0.4 is 9.47 Å². The summed E-state index contributed by atoms with van der Waals surface area (Å²) in [7, 11) is 3.45. The van der Waals surface area contributed by atoms with Crippen LogP contribution in [0, 0.1) is 13.8 Å². The van der Waals surface area contributed by atoms with Crippen LogP contribution in [0.5, 0.6) is 11.5 Å². The van der Waals surface area contributed by atoms with Crippen molar-refractivity contribution in [3.63, 3.8) is 0 Å². The van der Waals surface area contributed by atoms with E-state index in [-0.39, 0.29) is 11.3 Å². The molecule has 5 aromatic rings. The molecule has 0 amide bonds. The maximum atomic E-state index is 5.95. The van der Waals surface area contributed by atoms with Crippen LogP contribution in [0.3, 0.4) is 0 Å². The number of hydrogen-bond acceptors (Lipinski definition) is 2. The Balaban J connectivity index is 1.37. The molecule has 2 heteroatoms. The molecule has 0 radical (unpaired) electrons. The number of fused-ring (bicyclic) bond motifs is 3. The SMILES string of the molecule is CCCCCCCCC1(CCCCCCCC)c2cc(C)ccc2-c2ccc(-c3ccc(C(c4ccc(C)cc4)c4ccc(OC)cc4OC)cc3)cc21. The maximum absolute atomic E-state index is 5.95. The van der Waals surface area contributed by atoms with Crippen LogP contribution >= 0.6 is 0 Å². The highest BCUT2D eigenvalue weighted by atomic mass is 16.5. The Bertz CT molecular complexity index is 1920. The van der Waals surface area contributed by atoms with E-state index in [9.17, 15) is 0 Å². The lowest BCUT2D eigenvalue weighted by atomic mass is 9.70. The van der Waals surface area contributed by atoms with Crippen LogP contribution in [0.1, 0.15) is 149 Å². The summed E-state index contributed by atoms with van der Waals surface area (Å²) in [5.41, 5.74) is 15.0. The van der Waals surface area contributed by atoms with Crippen molar-refractivity contribution in [2.45, 2.75) is 129 Å². The molecule has 0 saturated carbocycles. The number of methoxy groups -OCH3 is 2. The summed E-state index contributed by atoms with van der Waals surface area (Å²) >= 11 is 0. The van der Waals surface area contributed by atoms with E-state index in [1.54, 1.807) is 25.3 Å². The second kappa shape index (κ2) is 18.8. The Labute approximate surface area is 327 Å². The summed E-state index contributed by atoms with van der Waals surface area (Å²) in [5.74, 6) is 1.66. The monoisotopic (exact) mass is 720 g/mol. The number of unbranched alkanes of at least 4 members (excludes halogenated alkanes) is 10. The Morgan fingerprint density at radius 3 is 1.59 bits per heavy atom. The van der Waals surface area contributed by atoms with Gasteiger partial charge in [-0.15, -0.1) is 0 Å². The van der Waals surface area contributed by atoms with Gasteiger partial charge in [0, 0.05) is 23.0 Å². The van der Waals surface area contributed by atoms with Gasteiger partial charge in [-0.05, 0) is 83.3 Å². The lowest BCUT2D eigenvalue weighted by Crippen LogP contribution is -2.25. The van der Waals surface area contributed by atoms with Gasteiger partial charge in [0.15, 0.2) is 0 Å². The predicted molar refractivity (Wildman–Crippen MR) is 230 cm³/mol. The van der Waals surface area contributed by atoms with Crippen molar-refractivity contribution in [3.8, 4) is 33.8 Å². The van der Waals surface area contributed by atoms with Gasteiger partial charge in [0.2, 0.25) is 0 Å². The third-order valence-corrected chi connectivity index (χ3v) is 12.2. The van der Waals surface area contributed by atoms with E-state index in [1.807, 2.05) is 12.1 Å². The van der Waals surface area contributed by atoms with Gasteiger partial charge in [-0.3, -0.25) is 0 Å². The summed E-state index contributed by atoms with van der Waals surface area (Å²) in [6.45, 7) is 9.06. The van der Waals surface area contributed by atoms with Crippen molar-refractivity contribution < 1.29 is 9.47 Å². The summed E-state index contributed by atoms with van der Waals surface area (Å²) in [6, 6.07) is 39.1. The van der Waals surface area contributed by atoms with E-state index in [2.05, 4.69) is 119 Å². The zero-order chi connectivity index (χ0) is 37.9. The van der Waals surface area contributed by atoms with Crippen LogP contribution in [0.4, 0.5) is 0 Å². The average molecular weight is 721 g/mol. The molecule has 54 heavy (non-hydrogen) atoms. The van der Waals surface area contributed by atoms with E-state index in [1.165, 1.54) is 134 Å². The van der Waals surface area contributed by atoms with Gasteiger partial charge in [-0.25, -0.2) is 0 Å². The number of rotatable bonds is 20. The van der Waals surface area contributed by atoms with Gasteiger partial charge in [-0.1, -0.05) is 187 Å². The molecule has 5 aromatic carbocycles. The Morgan fingerprint density at radius 2 is 1.00 bits per heavy atom. The van der Waals surface area contributed by atoms with Gasteiger partial charge in [0.25, 0.3) is 0 Å². The third kappa shape index (κ3) is 8.80. The molecule has 1 atom stereocenters. The topological polar surface area (TPSA) is 18.5 Å². The first-order valence-corrected chi connectivity index (χ1v) is 21.1. The Hall–Kier alpha value is -4.30. The molecule has 0 N–H and O–H groups in total. The number of aryl methyl sites for hydroxylation is 2. The van der Waals surface area contributed by atoms with Gasteiger partial charge in [0.1, 0.15) is 11.5 Å². The smallest absolute Gasteiger partial charge is 0.126 e. The molecular weight excluding hydrogens is 657 g/mol. The van der Waals surface area contributed by atoms with Gasteiger partial charge in [0.05, 0.1) is 14.2 Å². The quantitative estimate of drug-likeness (QED) is 0.0589. The standard InChI is InChI=1S/C52H64O2/c1-7-9-11-13-15-17-33-52(34-18-16-14-12-10-8-2)48-35-39(4)21-30-45(48)46-31-28-43(36-49(46)52)40-24-26-42(27-25-40)51(41-22-19-38(3)20-23-41)47-32-29-44(53-5)37-50(47)54-6/h19-32,35-37,51H,7-18,33-34H2,1-6H3. The average Bonchev–Trinajstić information content (AvgIpc) is 3.46. The summed E-state index contributed by atoms with van der Waals surface area (Å²) in [5, 5.41) is 0. The molecule has 2 nitrogen and oxygen atoms in total. The van der Waals surface area contributed by atoms with Crippen LogP contribution in [-0.4, -0.2) is 14.2 Å². The molecule has 0 heterocycles. The highest BCUT2D eigenvalue weighted by Gasteiger charge is 2.42. The molecule has 1 aliphatic rings. The highest BCUT2D eigenvalue weighted by Crippen LogP contribution is 2.55. The summed E-state index contributed by atoms with van der Waals surface area (Å²) in [6.07, 6.45) is 18.5. The fourth-order valence-electron chi connectivity index (χ4n) is 9.10. The van der Waals surface area contributed by atoms with Gasteiger partial charge < -0.3 is 9.47 Å². The fourth-order valence-corrected chi connectivity index (χ4v) is 9.10. The molecular formula is C52H64O2. The van der Waals surface area contributed by atoms with Crippen LogP contribution in [0.2, 0.25) is 0 Å². The normalized spacial score (nSPS) is 13.4. The van der Waals surface area contributed by atoms with Gasteiger partial charge in [-0.2, -0.15) is 0 Å². The Kier molecular flexibility index (Phi) is 13.7. The minimum Gasteiger partial charge on any atom is -0.497 e. The second-order valence-electron chi connectivity index (χ2n) is 16.0. The number of ether oxygens (including phenoxy) is 2. The van der Waals surface area contributed by atoms with Crippen molar-refractivity contribution in [1.82, 2.24) is 0 Å². The third-order valence-electron chi connectivity index (χ3n) is 12.2. The first kappa shape index (κ1) is 39.4. The van der Waals surface area contributed by atoms with E-state index in [0.717, 1.165) is 17.1 Å². The second-order valence-corrected chi connectivity index (χ2v) is 16.0. The lowest BCUT2D eigenvalue weighted by Gasteiger charge is -2.33. The minimum atomic E-state index is 0.0283. The van der Waals surface area contributed by atoms with E-state index < -0.39 is 0 Å². The van der Waals surface area contributed by atoms with Crippen LogP contribution in [0.15, 0.2) is 103 Å². The summed E-state index contributed by atoms with van der Waals surface area (Å²) < 4.78 is 11.5. The first-order valence-electron chi connectivity index (χ1n) is 21.1. The lowest BCUT2D eigenvalue weighted by molar-refractivity contribution is 0.390. The zero-order valence-electron chi connectivity index (χ0n) is 34.1.